The third-order valence-electron chi connectivity index (χ3n) is 0.105. The molecule has 0 rings (SSSR count). The Balaban J connectivity index is 2.83. The van der Waals surface area contributed by atoms with Crippen LogP contribution in [0.1, 0.15) is 0 Å². The van der Waals surface area contributed by atoms with Crippen molar-refractivity contribution >= 4 is 8.46 Å². The highest BCUT2D eigenvalue weighted by molar-refractivity contribution is 7.24. The first-order valence-corrected chi connectivity index (χ1v) is 1.99. The van der Waals surface area contributed by atoms with E-state index in [1.165, 1.54) is 0 Å². The molecule has 0 amide bonds. The van der Waals surface area contributed by atoms with E-state index >= 15 is 0 Å². The van der Waals surface area contributed by atoms with E-state index in [2.05, 4.69) is 0 Å². The predicted octanol–water partition coefficient (Wildman–Crippen LogP) is -0.721. The van der Waals surface area contributed by atoms with Gasteiger partial charge in [0.15, 0.2) is 0 Å². The fourth-order valence-electron chi connectivity index (χ4n) is 0. The Morgan fingerprint density at radius 3 is 1.80 bits per heavy atom. The molecule has 1 unspecified atom stereocenters. The Morgan fingerprint density at radius 2 is 1.80 bits per heavy atom. The van der Waals surface area contributed by atoms with E-state index in [1.54, 1.807) is 0 Å². The number of aliphatic hydroxyl groups is 2. The van der Waals surface area contributed by atoms with Crippen molar-refractivity contribution in [3.8, 4) is 0 Å². The molecular weight excluding hydrogens is 91.0 g/mol. The van der Waals surface area contributed by atoms with E-state index in [4.69, 9.17) is 14.8 Å². The summed E-state index contributed by atoms with van der Waals surface area (Å²) in [7, 11) is -1.02. The zero-order chi connectivity index (χ0) is 4.28. The summed E-state index contributed by atoms with van der Waals surface area (Å²) in [6.45, 7) is 0. The van der Waals surface area contributed by atoms with Gasteiger partial charge in [0.05, 0.1) is 0 Å². The van der Waals surface area contributed by atoms with Gasteiger partial charge < -0.3 is 10.2 Å². The van der Waals surface area contributed by atoms with Crippen molar-refractivity contribution in [3.63, 3.8) is 0 Å². The Labute approximate surface area is 30.4 Å². The van der Waals surface area contributed by atoms with Gasteiger partial charge in [0, 0.05) is 0 Å². The molecule has 0 saturated carbocycles. The van der Waals surface area contributed by atoms with Crippen LogP contribution in [0, 0.1) is 0 Å². The molecule has 0 aliphatic carbocycles. The maximum Gasteiger partial charge on any atom is 0.387 e. The summed E-state index contributed by atoms with van der Waals surface area (Å²) in [4.78, 5) is 0. The molecule has 0 aliphatic rings. The molecular formula is CH4O3P+. The molecule has 0 aromatic carbocycles. The van der Waals surface area contributed by atoms with E-state index in [-0.39, 0.29) is 0 Å². The van der Waals surface area contributed by atoms with E-state index in [0.29, 0.717) is 0 Å². The molecule has 0 bridgehead atoms. The zero-order valence-corrected chi connectivity index (χ0v) is 3.38. The van der Waals surface area contributed by atoms with Gasteiger partial charge in [-0.05, 0) is 0 Å². The van der Waals surface area contributed by atoms with Crippen molar-refractivity contribution in [2.45, 2.75) is 6.03 Å². The van der Waals surface area contributed by atoms with Crippen LogP contribution in [0.15, 0.2) is 0 Å². The van der Waals surface area contributed by atoms with Crippen LogP contribution in [0.5, 0.6) is 0 Å². The lowest BCUT2D eigenvalue weighted by atomic mass is 11.5. The predicted molar refractivity (Wildman–Crippen MR) is 17.2 cm³/mol. The average molecular weight is 95.0 g/mol. The number of aliphatic hydroxyl groups excluding tert-OH is 1. The smallest absolute Gasteiger partial charge is 0.329 e. The summed E-state index contributed by atoms with van der Waals surface area (Å²) in [5.41, 5.74) is 0. The number of hydrogen-bond donors (Lipinski definition) is 2. The number of hydrogen-bond acceptors (Lipinski definition) is 3. The molecule has 0 heterocycles. The van der Waals surface area contributed by atoms with Crippen LogP contribution in [0.2, 0.25) is 0 Å². The van der Waals surface area contributed by atoms with Gasteiger partial charge in [-0.1, -0.05) is 4.57 Å². The van der Waals surface area contributed by atoms with Crippen LogP contribution in [0.25, 0.3) is 0 Å². The molecule has 0 saturated heterocycles. The lowest BCUT2D eigenvalue weighted by Gasteiger charge is -1.68. The highest BCUT2D eigenvalue weighted by atomic mass is 31.1. The van der Waals surface area contributed by atoms with Crippen molar-refractivity contribution in [3.05, 3.63) is 0 Å². The number of rotatable bonds is 1. The fourth-order valence-corrected chi connectivity index (χ4v) is 0. The van der Waals surface area contributed by atoms with Crippen LogP contribution in [0.3, 0.4) is 0 Å². The molecule has 30 valence electrons. The maximum absolute atomic E-state index is 9.16. The lowest BCUT2D eigenvalue weighted by molar-refractivity contribution is 0.0351. The molecule has 0 aliphatic heterocycles. The van der Waals surface area contributed by atoms with Gasteiger partial charge in [-0.15, -0.1) is 0 Å². The quantitative estimate of drug-likeness (QED) is 0.333. The first kappa shape index (κ1) is 5.02. The summed E-state index contributed by atoms with van der Waals surface area (Å²) in [5, 5.41) is 15.2. The summed E-state index contributed by atoms with van der Waals surface area (Å²) >= 11 is 0. The first-order valence-electron chi connectivity index (χ1n) is 1.01. The second-order valence-electron chi connectivity index (χ2n) is 0.492. The average Bonchev–Trinajstić information content (AvgIpc) is 1.38. The van der Waals surface area contributed by atoms with E-state index in [0.717, 1.165) is 0 Å². The van der Waals surface area contributed by atoms with Crippen molar-refractivity contribution < 1.29 is 14.8 Å². The summed E-state index contributed by atoms with van der Waals surface area (Å²) in [6, 6.07) is -1.64. The second-order valence-corrected chi connectivity index (χ2v) is 1.24. The van der Waals surface area contributed by atoms with Crippen LogP contribution in [0.4, 0.5) is 0 Å². The molecule has 1 atom stereocenters. The third kappa shape index (κ3) is 4.02. The van der Waals surface area contributed by atoms with Gasteiger partial charge >= 0.3 is 14.5 Å². The standard InChI is InChI=1S/CH3O3P/c2-1(3)5-4/h1-3H/p+1. The van der Waals surface area contributed by atoms with E-state index < -0.39 is 14.5 Å². The second kappa shape index (κ2) is 2.27. The van der Waals surface area contributed by atoms with Crippen LogP contribution in [-0.2, 0) is 4.57 Å². The van der Waals surface area contributed by atoms with Crippen LogP contribution < -0.4 is 0 Å². The highest BCUT2D eigenvalue weighted by Crippen LogP contribution is 1.92. The molecule has 0 aromatic rings. The van der Waals surface area contributed by atoms with Gasteiger partial charge in [-0.25, -0.2) is 0 Å². The normalized spacial score (nSPS) is 10.2. The minimum atomic E-state index is -1.64. The summed E-state index contributed by atoms with van der Waals surface area (Å²) in [6.07, 6.45) is 0. The minimum Gasteiger partial charge on any atom is -0.329 e. The van der Waals surface area contributed by atoms with Crippen molar-refractivity contribution in [1.29, 1.82) is 0 Å². The fraction of sp³-hybridized carbons (Fsp3) is 1.00. The van der Waals surface area contributed by atoms with Crippen LogP contribution >= 0.6 is 8.46 Å². The van der Waals surface area contributed by atoms with Crippen molar-refractivity contribution in [1.82, 2.24) is 0 Å². The molecule has 0 radical (unpaired) electrons. The molecule has 0 fully saturated rings. The van der Waals surface area contributed by atoms with Gasteiger partial charge in [-0.2, -0.15) is 0 Å². The third-order valence-corrected chi connectivity index (χ3v) is 0.316. The van der Waals surface area contributed by atoms with E-state index in [9.17, 15) is 0 Å². The summed E-state index contributed by atoms with van der Waals surface area (Å²) < 4.78 is 9.16. The maximum atomic E-state index is 9.16. The largest absolute Gasteiger partial charge is 0.387 e. The molecule has 2 N–H and O–H groups in total. The molecule has 4 heteroatoms. The molecule has 5 heavy (non-hydrogen) atoms. The van der Waals surface area contributed by atoms with Gasteiger partial charge in [0.2, 0.25) is 0 Å². The monoisotopic (exact) mass is 95.0 g/mol. The SMILES string of the molecule is O=[PH+]C(O)O. The lowest BCUT2D eigenvalue weighted by Crippen LogP contribution is -1.87. The molecule has 0 aromatic heterocycles. The van der Waals surface area contributed by atoms with Crippen LogP contribution in [-0.4, -0.2) is 16.2 Å². The first-order chi connectivity index (χ1) is 2.27. The minimum absolute atomic E-state index is 1.02. The Morgan fingerprint density at radius 1 is 1.60 bits per heavy atom. The van der Waals surface area contributed by atoms with Gasteiger partial charge in [0.25, 0.3) is 0 Å². The Hall–Kier alpha value is 0.0200. The Kier molecular flexibility index (Phi) is 2.28. The zero-order valence-electron chi connectivity index (χ0n) is 2.38. The summed E-state index contributed by atoms with van der Waals surface area (Å²) in [5.74, 6) is 0. The van der Waals surface area contributed by atoms with E-state index in [1.807, 2.05) is 0 Å². The molecule has 0 spiro atoms. The topological polar surface area (TPSA) is 57.5 Å². The van der Waals surface area contributed by atoms with Crippen molar-refractivity contribution in [2.24, 2.45) is 0 Å². The highest BCUT2D eigenvalue weighted by Gasteiger charge is 1.97. The van der Waals surface area contributed by atoms with Gasteiger partial charge in [0.1, 0.15) is 0 Å². The van der Waals surface area contributed by atoms with Crippen molar-refractivity contribution in [2.75, 3.05) is 0 Å². The van der Waals surface area contributed by atoms with Gasteiger partial charge in [-0.3, -0.25) is 0 Å². The molecule has 3 nitrogen and oxygen atoms in total. The Bertz CT molecular complexity index is 33.9.